The third-order valence-electron chi connectivity index (χ3n) is 2.10. The maximum Gasteiger partial charge on any atom is 0.0988 e. The Labute approximate surface area is 98.9 Å². The molecule has 0 radical (unpaired) electrons. The Morgan fingerprint density at radius 2 is 1.82 bits per heavy atom. The summed E-state index contributed by atoms with van der Waals surface area (Å²) in [4.78, 5) is 8.18. The van der Waals surface area contributed by atoms with E-state index in [0.29, 0.717) is 17.0 Å². The van der Waals surface area contributed by atoms with E-state index in [9.17, 15) is 13.0 Å². The molecule has 0 fully saturated rings. The summed E-state index contributed by atoms with van der Waals surface area (Å²) >= 11 is 0. The molecule has 0 N–H and O–H groups in total. The Bertz CT molecular complexity index is 612. The molecule has 0 amide bonds. The highest BCUT2D eigenvalue weighted by Crippen LogP contribution is 2.15. The van der Waals surface area contributed by atoms with Gasteiger partial charge in [-0.2, -0.15) is 0 Å². The SMILES string of the molecule is O=S(=O)([O-])Cc1ccnc(-c2ccccn2)c1. The molecule has 2 aromatic rings. The topological polar surface area (TPSA) is 83.0 Å². The van der Waals surface area contributed by atoms with Gasteiger partial charge in [-0.3, -0.25) is 9.97 Å². The highest BCUT2D eigenvalue weighted by Gasteiger charge is 2.04. The van der Waals surface area contributed by atoms with Crippen molar-refractivity contribution in [2.75, 3.05) is 0 Å². The van der Waals surface area contributed by atoms with E-state index in [0.717, 1.165) is 0 Å². The van der Waals surface area contributed by atoms with E-state index < -0.39 is 15.9 Å². The van der Waals surface area contributed by atoms with Gasteiger partial charge < -0.3 is 4.55 Å². The predicted molar refractivity (Wildman–Crippen MR) is 60.9 cm³/mol. The van der Waals surface area contributed by atoms with Gasteiger partial charge in [0.15, 0.2) is 0 Å². The second-order valence-electron chi connectivity index (χ2n) is 3.47. The summed E-state index contributed by atoms with van der Waals surface area (Å²) < 4.78 is 32.0. The summed E-state index contributed by atoms with van der Waals surface area (Å²) in [6, 6.07) is 8.40. The molecule has 17 heavy (non-hydrogen) atoms. The van der Waals surface area contributed by atoms with Crippen LogP contribution in [-0.4, -0.2) is 22.9 Å². The molecule has 2 rings (SSSR count). The monoisotopic (exact) mass is 249 g/mol. The summed E-state index contributed by atoms with van der Waals surface area (Å²) in [5.74, 6) is -0.532. The molecule has 0 aromatic carbocycles. The Kier molecular flexibility index (Phi) is 3.16. The van der Waals surface area contributed by atoms with Crippen LogP contribution < -0.4 is 0 Å². The van der Waals surface area contributed by atoms with E-state index >= 15 is 0 Å². The maximum absolute atomic E-state index is 10.7. The average molecular weight is 249 g/mol. The molecule has 0 unspecified atom stereocenters. The van der Waals surface area contributed by atoms with Gasteiger partial charge in [0, 0.05) is 12.4 Å². The van der Waals surface area contributed by atoms with Gasteiger partial charge in [0.1, 0.15) is 0 Å². The first-order valence-electron chi connectivity index (χ1n) is 4.84. The lowest BCUT2D eigenvalue weighted by Crippen LogP contribution is -2.02. The molecule has 5 nitrogen and oxygen atoms in total. The van der Waals surface area contributed by atoms with E-state index in [1.165, 1.54) is 12.3 Å². The third-order valence-corrected chi connectivity index (χ3v) is 2.78. The van der Waals surface area contributed by atoms with Gasteiger partial charge in [-0.15, -0.1) is 0 Å². The zero-order valence-electron chi connectivity index (χ0n) is 8.78. The lowest BCUT2D eigenvalue weighted by Gasteiger charge is -2.07. The van der Waals surface area contributed by atoms with E-state index in [2.05, 4.69) is 9.97 Å². The van der Waals surface area contributed by atoms with Crippen LogP contribution in [0.3, 0.4) is 0 Å². The van der Waals surface area contributed by atoms with E-state index in [4.69, 9.17) is 0 Å². The van der Waals surface area contributed by atoms with Crippen LogP contribution in [0.1, 0.15) is 5.56 Å². The lowest BCUT2D eigenvalue weighted by molar-refractivity contribution is 0.462. The smallest absolute Gasteiger partial charge is 0.0988 e. The van der Waals surface area contributed by atoms with Crippen LogP contribution in [0, 0.1) is 0 Å². The van der Waals surface area contributed by atoms with Crippen LogP contribution in [0.15, 0.2) is 42.7 Å². The molecule has 0 atom stereocenters. The predicted octanol–water partition coefficient (Wildman–Crippen LogP) is 1.19. The Hall–Kier alpha value is -1.79. The minimum atomic E-state index is -4.27. The molecule has 0 bridgehead atoms. The Balaban J connectivity index is 2.36. The first kappa shape index (κ1) is 11.7. The van der Waals surface area contributed by atoms with E-state index in [1.54, 1.807) is 30.5 Å². The molecule has 0 aliphatic rings. The molecule has 2 heterocycles. The van der Waals surface area contributed by atoms with Crippen LogP contribution in [0.5, 0.6) is 0 Å². The number of hydrogen-bond donors (Lipinski definition) is 0. The van der Waals surface area contributed by atoms with Gasteiger partial charge in [-0.1, -0.05) is 6.07 Å². The molecule has 6 heteroatoms. The summed E-state index contributed by atoms with van der Waals surface area (Å²) in [5.41, 5.74) is 1.60. The van der Waals surface area contributed by atoms with Gasteiger partial charge in [-0.05, 0) is 29.8 Å². The van der Waals surface area contributed by atoms with Crippen molar-refractivity contribution in [3.63, 3.8) is 0 Å². The fraction of sp³-hybridized carbons (Fsp3) is 0.0909. The van der Waals surface area contributed by atoms with Crippen LogP contribution in [0.25, 0.3) is 11.4 Å². The summed E-state index contributed by atoms with van der Waals surface area (Å²) in [6.07, 6.45) is 3.08. The Morgan fingerprint density at radius 3 is 2.47 bits per heavy atom. The van der Waals surface area contributed by atoms with Crippen LogP contribution in [0.2, 0.25) is 0 Å². The quantitative estimate of drug-likeness (QED) is 0.763. The van der Waals surface area contributed by atoms with Crippen molar-refractivity contribution in [3.05, 3.63) is 48.3 Å². The van der Waals surface area contributed by atoms with Gasteiger partial charge in [-0.25, -0.2) is 8.42 Å². The average Bonchev–Trinajstić information content (AvgIpc) is 2.28. The maximum atomic E-state index is 10.7. The van der Waals surface area contributed by atoms with Crippen molar-refractivity contribution in [1.29, 1.82) is 0 Å². The number of hydrogen-bond acceptors (Lipinski definition) is 5. The fourth-order valence-electron chi connectivity index (χ4n) is 1.42. The largest absolute Gasteiger partial charge is 0.748 e. The summed E-state index contributed by atoms with van der Waals surface area (Å²) in [6.45, 7) is 0. The second-order valence-corrected chi connectivity index (χ2v) is 4.87. The minimum Gasteiger partial charge on any atom is -0.748 e. The van der Waals surface area contributed by atoms with Crippen molar-refractivity contribution < 1.29 is 13.0 Å². The minimum absolute atomic E-state index is 0.413. The number of rotatable bonds is 3. The molecule has 0 spiro atoms. The van der Waals surface area contributed by atoms with E-state index in [-0.39, 0.29) is 0 Å². The zero-order valence-corrected chi connectivity index (χ0v) is 9.59. The molecular formula is C11H9N2O3S-. The third kappa shape index (κ3) is 3.33. The molecule has 0 aliphatic heterocycles. The Morgan fingerprint density at radius 1 is 1.06 bits per heavy atom. The zero-order chi connectivity index (χ0) is 12.3. The van der Waals surface area contributed by atoms with Crippen molar-refractivity contribution in [3.8, 4) is 11.4 Å². The van der Waals surface area contributed by atoms with Gasteiger partial charge in [0.2, 0.25) is 0 Å². The van der Waals surface area contributed by atoms with Gasteiger partial charge >= 0.3 is 0 Å². The van der Waals surface area contributed by atoms with Crippen molar-refractivity contribution in [1.82, 2.24) is 9.97 Å². The summed E-state index contributed by atoms with van der Waals surface area (Å²) in [5, 5.41) is 0. The summed E-state index contributed by atoms with van der Waals surface area (Å²) in [7, 11) is -4.27. The first-order valence-corrected chi connectivity index (χ1v) is 6.42. The van der Waals surface area contributed by atoms with Crippen molar-refractivity contribution in [2.24, 2.45) is 0 Å². The van der Waals surface area contributed by atoms with Crippen LogP contribution >= 0.6 is 0 Å². The molecule has 2 aromatic heterocycles. The van der Waals surface area contributed by atoms with Crippen molar-refractivity contribution in [2.45, 2.75) is 5.75 Å². The molecular weight excluding hydrogens is 240 g/mol. The number of pyridine rings is 2. The van der Waals surface area contributed by atoms with E-state index in [1.807, 2.05) is 0 Å². The second kappa shape index (κ2) is 4.60. The fourth-order valence-corrected chi connectivity index (χ4v) is 2.01. The van der Waals surface area contributed by atoms with Crippen molar-refractivity contribution >= 4 is 10.1 Å². The molecule has 0 saturated carbocycles. The highest BCUT2D eigenvalue weighted by molar-refractivity contribution is 7.84. The highest BCUT2D eigenvalue weighted by atomic mass is 32.2. The normalized spacial score (nSPS) is 11.4. The molecule has 88 valence electrons. The van der Waals surface area contributed by atoms with Gasteiger partial charge in [0.25, 0.3) is 0 Å². The number of nitrogens with zero attached hydrogens (tertiary/aromatic N) is 2. The molecule has 0 saturated heterocycles. The lowest BCUT2D eigenvalue weighted by atomic mass is 10.2. The molecule has 0 aliphatic carbocycles. The van der Waals surface area contributed by atoms with Gasteiger partial charge in [0.05, 0.1) is 27.3 Å². The number of aromatic nitrogens is 2. The van der Waals surface area contributed by atoms with Crippen LogP contribution in [-0.2, 0) is 15.9 Å². The standard InChI is InChI=1S/C11H10N2O3S/c14-17(15,16)8-9-4-6-13-11(7-9)10-3-1-2-5-12-10/h1-7H,8H2,(H,14,15,16)/p-1. The first-order chi connectivity index (χ1) is 8.04. The van der Waals surface area contributed by atoms with Crippen LogP contribution in [0.4, 0.5) is 0 Å².